The van der Waals surface area contributed by atoms with Gasteiger partial charge < -0.3 is 16.2 Å². The zero-order valence-electron chi connectivity index (χ0n) is 12.2. The van der Waals surface area contributed by atoms with Crippen LogP contribution in [0.3, 0.4) is 0 Å². The minimum atomic E-state index is -0.277. The molecular formula is C15H26N2O. The molecule has 1 unspecified atom stereocenters. The van der Waals surface area contributed by atoms with Gasteiger partial charge >= 0.3 is 0 Å². The van der Waals surface area contributed by atoms with Gasteiger partial charge in [0, 0.05) is 17.1 Å². The number of benzene rings is 1. The number of hydrogen-bond acceptors (Lipinski definition) is 3. The van der Waals surface area contributed by atoms with Gasteiger partial charge in [0.15, 0.2) is 0 Å². The molecule has 1 rings (SSSR count). The third-order valence-electron chi connectivity index (χ3n) is 3.07. The summed E-state index contributed by atoms with van der Waals surface area (Å²) in [5.41, 5.74) is 14.3. The van der Waals surface area contributed by atoms with Gasteiger partial charge in [0.05, 0.1) is 7.11 Å². The Morgan fingerprint density at radius 3 is 2.33 bits per heavy atom. The molecule has 0 bridgehead atoms. The summed E-state index contributed by atoms with van der Waals surface area (Å²) in [5, 5.41) is 0. The first-order valence-corrected chi connectivity index (χ1v) is 6.47. The van der Waals surface area contributed by atoms with Gasteiger partial charge in [-0.25, -0.2) is 0 Å². The lowest BCUT2D eigenvalue weighted by atomic mass is 9.90. The molecule has 0 aliphatic heterocycles. The SMILES string of the molecule is COc1cc(C(C)C)ccc1C(N)CC(C)(C)N. The largest absolute Gasteiger partial charge is 0.496 e. The number of methoxy groups -OCH3 is 1. The van der Waals surface area contributed by atoms with E-state index >= 15 is 0 Å². The van der Waals surface area contributed by atoms with Crippen LogP contribution in [0.25, 0.3) is 0 Å². The van der Waals surface area contributed by atoms with E-state index in [4.69, 9.17) is 16.2 Å². The molecule has 18 heavy (non-hydrogen) atoms. The highest BCUT2D eigenvalue weighted by Gasteiger charge is 2.20. The lowest BCUT2D eigenvalue weighted by Gasteiger charge is -2.25. The molecule has 3 heteroatoms. The van der Waals surface area contributed by atoms with E-state index in [0.717, 1.165) is 17.7 Å². The highest BCUT2D eigenvalue weighted by molar-refractivity contribution is 5.40. The molecule has 0 aromatic heterocycles. The van der Waals surface area contributed by atoms with Gasteiger partial charge in [-0.3, -0.25) is 0 Å². The Bertz CT molecular complexity index is 394. The van der Waals surface area contributed by atoms with Crippen molar-refractivity contribution in [1.82, 2.24) is 0 Å². The molecule has 0 spiro atoms. The van der Waals surface area contributed by atoms with E-state index < -0.39 is 0 Å². The Hall–Kier alpha value is -1.06. The number of rotatable bonds is 5. The minimum absolute atomic E-state index is 0.0961. The van der Waals surface area contributed by atoms with Gasteiger partial charge in [-0.1, -0.05) is 26.0 Å². The van der Waals surface area contributed by atoms with Crippen LogP contribution in [0, 0.1) is 0 Å². The molecule has 4 N–H and O–H groups in total. The first-order chi connectivity index (χ1) is 8.24. The van der Waals surface area contributed by atoms with Crippen molar-refractivity contribution in [3.05, 3.63) is 29.3 Å². The van der Waals surface area contributed by atoms with Crippen molar-refractivity contribution in [3.8, 4) is 5.75 Å². The van der Waals surface area contributed by atoms with Crippen LogP contribution >= 0.6 is 0 Å². The third kappa shape index (κ3) is 4.00. The summed E-state index contributed by atoms with van der Waals surface area (Å²) in [6.07, 6.45) is 0.727. The molecule has 102 valence electrons. The second-order valence-electron chi connectivity index (χ2n) is 5.96. The van der Waals surface area contributed by atoms with Gasteiger partial charge in [0.1, 0.15) is 5.75 Å². The maximum Gasteiger partial charge on any atom is 0.123 e. The molecule has 1 aromatic rings. The average molecular weight is 250 g/mol. The molecular weight excluding hydrogens is 224 g/mol. The topological polar surface area (TPSA) is 61.3 Å². The number of hydrogen-bond donors (Lipinski definition) is 2. The molecule has 1 atom stereocenters. The summed E-state index contributed by atoms with van der Waals surface area (Å²) >= 11 is 0. The monoisotopic (exact) mass is 250 g/mol. The first-order valence-electron chi connectivity index (χ1n) is 6.47. The Morgan fingerprint density at radius 2 is 1.89 bits per heavy atom. The van der Waals surface area contributed by atoms with Crippen LogP contribution in [0.2, 0.25) is 0 Å². The highest BCUT2D eigenvalue weighted by atomic mass is 16.5. The normalized spacial score (nSPS) is 13.8. The van der Waals surface area contributed by atoms with Crippen LogP contribution < -0.4 is 16.2 Å². The number of ether oxygens (including phenoxy) is 1. The predicted octanol–water partition coefficient (Wildman–Crippen LogP) is 2.95. The van der Waals surface area contributed by atoms with Crippen LogP contribution in [0.15, 0.2) is 18.2 Å². The Balaban J connectivity index is 3.02. The van der Waals surface area contributed by atoms with Crippen LogP contribution in [0.1, 0.15) is 57.2 Å². The zero-order valence-corrected chi connectivity index (χ0v) is 12.2. The van der Waals surface area contributed by atoms with Crippen molar-refractivity contribution >= 4 is 0 Å². The van der Waals surface area contributed by atoms with E-state index in [1.807, 2.05) is 13.8 Å². The maximum atomic E-state index is 6.22. The van der Waals surface area contributed by atoms with Crippen molar-refractivity contribution in [2.45, 2.75) is 51.6 Å². The van der Waals surface area contributed by atoms with Crippen molar-refractivity contribution in [3.63, 3.8) is 0 Å². The van der Waals surface area contributed by atoms with E-state index in [2.05, 4.69) is 32.0 Å². The quantitative estimate of drug-likeness (QED) is 0.844. The van der Waals surface area contributed by atoms with E-state index in [0.29, 0.717) is 5.92 Å². The van der Waals surface area contributed by atoms with Crippen LogP contribution in [0.4, 0.5) is 0 Å². The molecule has 0 amide bonds. The van der Waals surface area contributed by atoms with Crippen LogP contribution in [-0.2, 0) is 0 Å². The summed E-state index contributed by atoms with van der Waals surface area (Å²) in [6.45, 7) is 8.30. The van der Waals surface area contributed by atoms with E-state index in [1.165, 1.54) is 5.56 Å². The summed E-state index contributed by atoms with van der Waals surface area (Å²) in [6, 6.07) is 6.15. The Labute approximate surface area is 111 Å². The smallest absolute Gasteiger partial charge is 0.123 e. The van der Waals surface area contributed by atoms with E-state index in [-0.39, 0.29) is 11.6 Å². The summed E-state index contributed by atoms with van der Waals surface area (Å²) in [7, 11) is 1.68. The number of nitrogens with two attached hydrogens (primary N) is 2. The fourth-order valence-corrected chi connectivity index (χ4v) is 2.07. The minimum Gasteiger partial charge on any atom is -0.496 e. The lowest BCUT2D eigenvalue weighted by Crippen LogP contribution is -2.36. The summed E-state index contributed by atoms with van der Waals surface area (Å²) in [5.74, 6) is 1.34. The van der Waals surface area contributed by atoms with Crippen LogP contribution in [0.5, 0.6) is 5.75 Å². The fraction of sp³-hybridized carbons (Fsp3) is 0.600. The molecule has 0 radical (unpaired) electrons. The van der Waals surface area contributed by atoms with Crippen molar-refractivity contribution in [1.29, 1.82) is 0 Å². The van der Waals surface area contributed by atoms with Gasteiger partial charge in [-0.2, -0.15) is 0 Å². The van der Waals surface area contributed by atoms with Gasteiger partial charge in [-0.15, -0.1) is 0 Å². The summed E-state index contributed by atoms with van der Waals surface area (Å²) in [4.78, 5) is 0. The standard InChI is InChI=1S/C15H26N2O/c1-10(2)11-6-7-12(14(8-11)18-5)13(16)9-15(3,4)17/h6-8,10,13H,9,16-17H2,1-5H3. The summed E-state index contributed by atoms with van der Waals surface area (Å²) < 4.78 is 5.45. The Morgan fingerprint density at radius 1 is 1.28 bits per heavy atom. The predicted molar refractivity (Wildman–Crippen MR) is 76.9 cm³/mol. The molecule has 0 saturated heterocycles. The average Bonchev–Trinajstić information content (AvgIpc) is 2.25. The van der Waals surface area contributed by atoms with Crippen molar-refractivity contribution in [2.75, 3.05) is 7.11 Å². The second kappa shape index (κ2) is 5.72. The van der Waals surface area contributed by atoms with Crippen molar-refractivity contribution in [2.24, 2.45) is 11.5 Å². The van der Waals surface area contributed by atoms with Gasteiger partial charge in [-0.05, 0) is 37.8 Å². The van der Waals surface area contributed by atoms with E-state index in [1.54, 1.807) is 7.11 Å². The molecule has 0 saturated carbocycles. The molecule has 0 heterocycles. The lowest BCUT2D eigenvalue weighted by molar-refractivity contribution is 0.387. The molecule has 1 aromatic carbocycles. The van der Waals surface area contributed by atoms with Gasteiger partial charge in [0.25, 0.3) is 0 Å². The van der Waals surface area contributed by atoms with Crippen molar-refractivity contribution < 1.29 is 4.74 Å². The second-order valence-corrected chi connectivity index (χ2v) is 5.96. The fourth-order valence-electron chi connectivity index (χ4n) is 2.07. The maximum absolute atomic E-state index is 6.22. The van der Waals surface area contributed by atoms with E-state index in [9.17, 15) is 0 Å². The molecule has 0 aliphatic carbocycles. The third-order valence-corrected chi connectivity index (χ3v) is 3.07. The highest BCUT2D eigenvalue weighted by Crippen LogP contribution is 2.31. The zero-order chi connectivity index (χ0) is 13.9. The molecule has 3 nitrogen and oxygen atoms in total. The van der Waals surface area contributed by atoms with Crippen LogP contribution in [-0.4, -0.2) is 12.6 Å². The van der Waals surface area contributed by atoms with Gasteiger partial charge in [0.2, 0.25) is 0 Å². The Kier molecular flexibility index (Phi) is 4.77. The molecule has 0 fully saturated rings. The molecule has 0 aliphatic rings. The first kappa shape index (κ1) is 15.0.